The highest BCUT2D eigenvalue weighted by Crippen LogP contribution is 2.57. The van der Waals surface area contributed by atoms with E-state index in [-0.39, 0.29) is 5.41 Å². The van der Waals surface area contributed by atoms with Gasteiger partial charge in [-0.1, -0.05) is 49.4 Å². The molecular formula is C37H34N4O2. The molecule has 0 aliphatic carbocycles. The van der Waals surface area contributed by atoms with Crippen LogP contribution in [0.4, 0.5) is 5.69 Å². The zero-order valence-corrected chi connectivity index (χ0v) is 24.3. The molecule has 10 rings (SSSR count). The summed E-state index contributed by atoms with van der Waals surface area (Å²) in [6.07, 6.45) is 18.3. The van der Waals surface area contributed by atoms with Gasteiger partial charge in [-0.15, -0.1) is 0 Å². The summed E-state index contributed by atoms with van der Waals surface area (Å²) in [5.41, 5.74) is 10.8. The van der Waals surface area contributed by atoms with Gasteiger partial charge in [-0.25, -0.2) is 4.79 Å². The van der Waals surface area contributed by atoms with Crippen LogP contribution >= 0.6 is 0 Å². The maximum absolute atomic E-state index is 12.1. The molecule has 2 atom stereocenters. The fourth-order valence-electron chi connectivity index (χ4n) is 8.79. The first kappa shape index (κ1) is 25.0. The third-order valence-electron chi connectivity index (χ3n) is 10.6. The molecule has 5 aliphatic rings. The van der Waals surface area contributed by atoms with E-state index in [0.717, 1.165) is 50.7 Å². The highest BCUT2D eigenvalue weighted by Gasteiger charge is 2.51. The molecule has 6 heteroatoms. The fourth-order valence-corrected chi connectivity index (χ4v) is 8.79. The molecule has 3 aromatic heterocycles. The molecule has 1 N–H and O–H groups in total. The number of allylic oxidation sites excluding steroid dienone is 1. The van der Waals surface area contributed by atoms with Crippen LogP contribution in [0.1, 0.15) is 54.6 Å². The van der Waals surface area contributed by atoms with Gasteiger partial charge in [-0.3, -0.25) is 4.90 Å². The monoisotopic (exact) mass is 566 g/mol. The van der Waals surface area contributed by atoms with E-state index in [9.17, 15) is 9.90 Å². The van der Waals surface area contributed by atoms with Crippen LogP contribution in [-0.4, -0.2) is 38.0 Å². The smallest absolute Gasteiger partial charge is 0.352 e. The van der Waals surface area contributed by atoms with Crippen molar-refractivity contribution in [1.29, 1.82) is 0 Å². The van der Waals surface area contributed by atoms with Crippen molar-refractivity contribution in [3.05, 3.63) is 108 Å². The molecule has 43 heavy (non-hydrogen) atoms. The first-order valence-electron chi connectivity index (χ1n) is 15.6. The van der Waals surface area contributed by atoms with E-state index >= 15 is 0 Å². The number of hydrogen-bond donors (Lipinski definition) is 1. The lowest BCUT2D eigenvalue weighted by molar-refractivity contribution is -0.131. The normalized spacial score (nSPS) is 22.9. The van der Waals surface area contributed by atoms with E-state index in [1.807, 2.05) is 10.6 Å². The number of aliphatic carboxylic acids is 1. The number of para-hydroxylation sites is 2. The largest absolute Gasteiger partial charge is 0.477 e. The Bertz CT molecular complexity index is 2090. The molecule has 0 spiro atoms. The number of aromatic nitrogens is 2. The van der Waals surface area contributed by atoms with Gasteiger partial charge in [0.2, 0.25) is 0 Å². The van der Waals surface area contributed by atoms with Gasteiger partial charge < -0.3 is 19.0 Å². The molecule has 0 unspecified atom stereocenters. The van der Waals surface area contributed by atoms with Gasteiger partial charge in [0.05, 0.1) is 28.3 Å². The van der Waals surface area contributed by atoms with Gasteiger partial charge in [0, 0.05) is 52.6 Å². The molecule has 1 fully saturated rings. The van der Waals surface area contributed by atoms with Crippen LogP contribution in [0.3, 0.4) is 0 Å². The van der Waals surface area contributed by atoms with Crippen molar-refractivity contribution < 1.29 is 9.90 Å². The van der Waals surface area contributed by atoms with Crippen molar-refractivity contribution >= 4 is 50.8 Å². The predicted octanol–water partition coefficient (Wildman–Crippen LogP) is 7.62. The molecule has 5 aliphatic heterocycles. The van der Waals surface area contributed by atoms with Gasteiger partial charge >= 0.3 is 5.97 Å². The minimum Gasteiger partial charge on any atom is -0.477 e. The van der Waals surface area contributed by atoms with E-state index in [1.165, 1.54) is 49.9 Å². The molecule has 6 nitrogen and oxygen atoms in total. The third-order valence-corrected chi connectivity index (χ3v) is 10.6. The number of pyridine rings is 1. The topological polar surface area (TPSA) is 53.1 Å². The van der Waals surface area contributed by atoms with E-state index < -0.39 is 5.97 Å². The Morgan fingerprint density at radius 3 is 2.65 bits per heavy atom. The Balaban J connectivity index is 0.000000124. The van der Waals surface area contributed by atoms with Crippen molar-refractivity contribution in [2.45, 2.75) is 45.1 Å². The third kappa shape index (κ3) is 3.30. The molecule has 5 aromatic rings. The number of benzene rings is 2. The highest BCUT2D eigenvalue weighted by molar-refractivity contribution is 6.12. The molecule has 1 saturated heterocycles. The lowest BCUT2D eigenvalue weighted by Crippen LogP contribution is -2.51. The van der Waals surface area contributed by atoms with Crippen LogP contribution in [0.25, 0.3) is 39.1 Å². The van der Waals surface area contributed by atoms with Gasteiger partial charge in [-0.05, 0) is 80.1 Å². The summed E-state index contributed by atoms with van der Waals surface area (Å²) >= 11 is 0. The van der Waals surface area contributed by atoms with E-state index in [0.29, 0.717) is 11.7 Å². The summed E-state index contributed by atoms with van der Waals surface area (Å²) in [6.45, 7) is 4.43. The van der Waals surface area contributed by atoms with Crippen molar-refractivity contribution in [1.82, 2.24) is 13.9 Å². The number of fused-ring (bicyclic) bond motifs is 6. The van der Waals surface area contributed by atoms with Gasteiger partial charge in [0.25, 0.3) is 0 Å². The average molecular weight is 567 g/mol. The molecule has 8 heterocycles. The second-order valence-electron chi connectivity index (χ2n) is 12.6. The van der Waals surface area contributed by atoms with Crippen molar-refractivity contribution in [2.24, 2.45) is 5.41 Å². The Morgan fingerprint density at radius 2 is 1.81 bits per heavy atom. The van der Waals surface area contributed by atoms with Gasteiger partial charge in [0.15, 0.2) is 0 Å². The number of hydrogen-bond acceptors (Lipinski definition) is 3. The number of carboxylic acid groups (broad SMARTS) is 1. The molecule has 214 valence electrons. The van der Waals surface area contributed by atoms with Crippen LogP contribution in [0, 0.1) is 5.41 Å². The first-order chi connectivity index (χ1) is 21.1. The second-order valence-corrected chi connectivity index (χ2v) is 12.6. The Kier molecular flexibility index (Phi) is 5.22. The first-order valence-corrected chi connectivity index (χ1v) is 15.6. The maximum Gasteiger partial charge on any atom is 0.352 e. The second kappa shape index (κ2) is 8.98. The molecule has 0 radical (unpaired) electrons. The minimum atomic E-state index is -0.812. The minimum absolute atomic E-state index is 0.0362. The van der Waals surface area contributed by atoms with Crippen LogP contribution in [0.15, 0.2) is 85.3 Å². The maximum atomic E-state index is 12.1. The number of piperidine rings is 1. The molecule has 0 bridgehead atoms. The number of anilines is 1. The number of carbonyl (C=O) groups is 1. The van der Waals surface area contributed by atoms with Crippen molar-refractivity contribution in [3.8, 4) is 0 Å². The summed E-state index contributed by atoms with van der Waals surface area (Å²) in [5.74, 6) is -0.812. The summed E-state index contributed by atoms with van der Waals surface area (Å²) in [7, 11) is 0. The number of rotatable bonds is 2. The quantitative estimate of drug-likeness (QED) is 0.239. The summed E-state index contributed by atoms with van der Waals surface area (Å²) in [4.78, 5) is 16.9. The van der Waals surface area contributed by atoms with E-state index in [2.05, 4.69) is 106 Å². The standard InChI is InChI=1S/C20H22N2O2.C17H12N2/c1-2-20-9-5-10-21-11-8-14-13-6-3-4-7-15(13)22(17(14)18(20)21)16(12-20)19(23)24;1-2-6-15-13(5-1)14-8-10-18-9-3-4-12-7-11-19(15)17(14)16(12)18/h3-4,6-7,12,18H,2,5,8-11H2,1H3,(H,23,24);1-3,5-11H,4H2/t18-,20+;/m0./s1. The van der Waals surface area contributed by atoms with Crippen LogP contribution in [-0.2, 0) is 17.6 Å². The number of carboxylic acids is 1. The SMILES string of the molecule is C1=CN2C=Cc3c4ccccc4n4ccc(c2c34)C1.CC[C@]12C=C(C(=O)O)n3c4c(c5ccccc53)CCN(CCC1)[C@@H]42. The highest BCUT2D eigenvalue weighted by atomic mass is 16.4. The van der Waals surface area contributed by atoms with Gasteiger partial charge in [-0.2, -0.15) is 0 Å². The Morgan fingerprint density at radius 1 is 1.00 bits per heavy atom. The Hall–Kier alpha value is -4.55. The van der Waals surface area contributed by atoms with E-state index in [1.54, 1.807) is 0 Å². The molecular weight excluding hydrogens is 532 g/mol. The zero-order valence-electron chi connectivity index (χ0n) is 24.3. The number of nitrogens with zero attached hydrogens (tertiary/aromatic N) is 4. The fraction of sp³-hybridized carbons (Fsp3) is 0.270. The Labute approximate surface area is 250 Å². The summed E-state index contributed by atoms with van der Waals surface area (Å²) in [5, 5.41) is 12.5. The average Bonchev–Trinajstić information content (AvgIpc) is 3.57. The predicted molar refractivity (Wildman–Crippen MR) is 173 cm³/mol. The molecule has 0 amide bonds. The van der Waals surface area contributed by atoms with Crippen LogP contribution in [0.5, 0.6) is 0 Å². The van der Waals surface area contributed by atoms with Crippen LogP contribution in [0.2, 0.25) is 0 Å². The molecule has 0 saturated carbocycles. The lowest BCUT2D eigenvalue weighted by Gasteiger charge is -2.53. The van der Waals surface area contributed by atoms with Gasteiger partial charge in [0.1, 0.15) is 5.70 Å². The zero-order chi connectivity index (χ0) is 28.9. The van der Waals surface area contributed by atoms with Crippen LogP contribution < -0.4 is 4.90 Å². The molecule has 2 aromatic carbocycles. The van der Waals surface area contributed by atoms with E-state index in [4.69, 9.17) is 0 Å². The van der Waals surface area contributed by atoms with Crippen molar-refractivity contribution in [2.75, 3.05) is 18.0 Å². The summed E-state index contributed by atoms with van der Waals surface area (Å²) < 4.78 is 4.36. The summed E-state index contributed by atoms with van der Waals surface area (Å²) in [6, 6.07) is 19.5. The van der Waals surface area contributed by atoms with Crippen molar-refractivity contribution in [3.63, 3.8) is 0 Å². The lowest BCUT2D eigenvalue weighted by atomic mass is 9.66.